The van der Waals surface area contributed by atoms with Crippen molar-refractivity contribution in [2.45, 2.75) is 45.7 Å². The average molecular weight is 347 g/mol. The molecule has 136 valence electrons. The summed E-state index contributed by atoms with van der Waals surface area (Å²) < 4.78 is 5.12. The Bertz CT molecular complexity index is 709. The second kappa shape index (κ2) is 6.38. The first-order chi connectivity index (χ1) is 11.9. The van der Waals surface area contributed by atoms with Crippen LogP contribution < -0.4 is 11.5 Å². The molecule has 1 spiro atoms. The van der Waals surface area contributed by atoms with E-state index < -0.39 is 5.66 Å². The average Bonchev–Trinajstić information content (AvgIpc) is 2.90. The molecule has 9 heteroatoms. The number of guanidine groups is 2. The molecule has 0 saturated carbocycles. The molecule has 0 aromatic carbocycles. The fourth-order valence-corrected chi connectivity index (χ4v) is 3.63. The van der Waals surface area contributed by atoms with Crippen molar-refractivity contribution < 1.29 is 9.32 Å². The molecule has 2 aliphatic rings. The minimum absolute atomic E-state index is 0.0532. The van der Waals surface area contributed by atoms with Gasteiger partial charge in [-0.1, -0.05) is 12.1 Å². The third kappa shape index (κ3) is 2.94. The molecule has 1 fully saturated rings. The van der Waals surface area contributed by atoms with E-state index in [2.05, 4.69) is 22.1 Å². The summed E-state index contributed by atoms with van der Waals surface area (Å²) in [6, 6.07) is 0. The maximum atomic E-state index is 12.8. The zero-order valence-electron chi connectivity index (χ0n) is 14.9. The first-order valence-electron chi connectivity index (χ1n) is 8.57. The highest BCUT2D eigenvalue weighted by Gasteiger charge is 2.44. The van der Waals surface area contributed by atoms with Gasteiger partial charge in [0.1, 0.15) is 17.0 Å². The summed E-state index contributed by atoms with van der Waals surface area (Å²) in [5.41, 5.74) is 12.6. The maximum Gasteiger partial charge on any atom is 0.259 e. The number of amides is 1. The minimum Gasteiger partial charge on any atom is -0.369 e. The van der Waals surface area contributed by atoms with Crippen LogP contribution in [0.2, 0.25) is 0 Å². The van der Waals surface area contributed by atoms with Gasteiger partial charge in [0.15, 0.2) is 0 Å². The molecule has 1 saturated heterocycles. The zero-order valence-corrected chi connectivity index (χ0v) is 14.9. The van der Waals surface area contributed by atoms with Crippen LogP contribution in [-0.2, 0) is 0 Å². The van der Waals surface area contributed by atoms with Crippen LogP contribution in [0.4, 0.5) is 0 Å². The molecule has 25 heavy (non-hydrogen) atoms. The van der Waals surface area contributed by atoms with Crippen LogP contribution in [0.25, 0.3) is 0 Å². The summed E-state index contributed by atoms with van der Waals surface area (Å²) in [5, 5.41) is 3.87. The predicted octanol–water partition coefficient (Wildman–Crippen LogP) is 0.579. The van der Waals surface area contributed by atoms with Gasteiger partial charge in [-0.3, -0.25) is 4.79 Å². The summed E-state index contributed by atoms with van der Waals surface area (Å²) in [5.74, 6) is 1.10. The Morgan fingerprint density at radius 2 is 1.96 bits per heavy atom. The van der Waals surface area contributed by atoms with E-state index in [0.29, 0.717) is 48.9 Å². The third-order valence-electron chi connectivity index (χ3n) is 4.88. The maximum absolute atomic E-state index is 12.8. The van der Waals surface area contributed by atoms with E-state index in [-0.39, 0.29) is 11.9 Å². The van der Waals surface area contributed by atoms with E-state index in [1.807, 2.05) is 9.80 Å². The quantitative estimate of drug-likeness (QED) is 0.823. The SMILES string of the molecule is CCCN1C(N)=NC(N)=NC12CCN(C(=O)c1c(C)noc1C)CC2. The number of carbonyl (C=O) groups excluding carboxylic acids is 1. The number of aliphatic imine (C=N–C) groups is 2. The molecule has 0 bridgehead atoms. The van der Waals surface area contributed by atoms with Crippen molar-refractivity contribution in [3.63, 3.8) is 0 Å². The van der Waals surface area contributed by atoms with Gasteiger partial charge in [0.2, 0.25) is 11.9 Å². The first-order valence-corrected chi connectivity index (χ1v) is 8.57. The first kappa shape index (κ1) is 17.2. The number of aryl methyl sites for hydroxylation is 2. The van der Waals surface area contributed by atoms with E-state index >= 15 is 0 Å². The van der Waals surface area contributed by atoms with Crippen molar-refractivity contribution in [3.05, 3.63) is 17.0 Å². The number of carbonyl (C=O) groups is 1. The van der Waals surface area contributed by atoms with Crippen molar-refractivity contribution in [2.75, 3.05) is 19.6 Å². The highest BCUT2D eigenvalue weighted by molar-refractivity contribution is 5.97. The fraction of sp³-hybridized carbons (Fsp3) is 0.625. The lowest BCUT2D eigenvalue weighted by Crippen LogP contribution is -2.61. The number of rotatable bonds is 3. The molecule has 4 N–H and O–H groups in total. The van der Waals surface area contributed by atoms with Crippen LogP contribution in [0, 0.1) is 13.8 Å². The number of likely N-dealkylation sites (tertiary alicyclic amines) is 1. The topological polar surface area (TPSA) is 126 Å². The highest BCUT2D eigenvalue weighted by Crippen LogP contribution is 2.33. The van der Waals surface area contributed by atoms with Gasteiger partial charge in [-0.25, -0.2) is 4.99 Å². The minimum atomic E-state index is -0.512. The Morgan fingerprint density at radius 1 is 1.28 bits per heavy atom. The zero-order chi connectivity index (χ0) is 18.2. The van der Waals surface area contributed by atoms with E-state index in [1.54, 1.807) is 13.8 Å². The van der Waals surface area contributed by atoms with Crippen LogP contribution in [0.3, 0.4) is 0 Å². The molecular weight excluding hydrogens is 322 g/mol. The van der Waals surface area contributed by atoms with Crippen molar-refractivity contribution in [3.8, 4) is 0 Å². The van der Waals surface area contributed by atoms with Crippen LogP contribution in [0.1, 0.15) is 48.0 Å². The van der Waals surface area contributed by atoms with Gasteiger partial charge in [0, 0.05) is 32.5 Å². The summed E-state index contributed by atoms with van der Waals surface area (Å²) in [6.45, 7) is 7.50. The van der Waals surface area contributed by atoms with Crippen LogP contribution >= 0.6 is 0 Å². The summed E-state index contributed by atoms with van der Waals surface area (Å²) in [7, 11) is 0. The largest absolute Gasteiger partial charge is 0.369 e. The Kier molecular flexibility index (Phi) is 4.40. The van der Waals surface area contributed by atoms with Gasteiger partial charge < -0.3 is 25.8 Å². The van der Waals surface area contributed by atoms with E-state index in [9.17, 15) is 4.79 Å². The Balaban J connectivity index is 1.78. The molecular formula is C16H25N7O2. The molecule has 3 rings (SSSR count). The van der Waals surface area contributed by atoms with Gasteiger partial charge in [0.05, 0.1) is 5.69 Å². The van der Waals surface area contributed by atoms with Crippen molar-refractivity contribution in [2.24, 2.45) is 21.5 Å². The molecule has 9 nitrogen and oxygen atoms in total. The molecule has 1 aromatic heterocycles. The Hall–Kier alpha value is -2.58. The van der Waals surface area contributed by atoms with Crippen LogP contribution in [-0.4, -0.2) is 58.1 Å². The molecule has 0 aliphatic carbocycles. The lowest BCUT2D eigenvalue weighted by Gasteiger charge is -2.47. The van der Waals surface area contributed by atoms with Crippen molar-refractivity contribution in [1.29, 1.82) is 0 Å². The molecule has 0 radical (unpaired) electrons. The van der Waals surface area contributed by atoms with E-state index in [0.717, 1.165) is 13.0 Å². The molecule has 1 aromatic rings. The van der Waals surface area contributed by atoms with Gasteiger partial charge >= 0.3 is 0 Å². The van der Waals surface area contributed by atoms with Gasteiger partial charge in [-0.05, 0) is 20.3 Å². The van der Waals surface area contributed by atoms with Crippen molar-refractivity contribution in [1.82, 2.24) is 15.0 Å². The normalized spacial score (nSPS) is 19.8. The van der Waals surface area contributed by atoms with E-state index in [1.165, 1.54) is 0 Å². The number of hydrogen-bond donors (Lipinski definition) is 2. The molecule has 1 amide bonds. The summed E-state index contributed by atoms with van der Waals surface area (Å²) in [6.07, 6.45) is 2.23. The Labute approximate surface area is 146 Å². The van der Waals surface area contributed by atoms with Crippen molar-refractivity contribution >= 4 is 17.8 Å². The number of piperidine rings is 1. The second-order valence-electron chi connectivity index (χ2n) is 6.57. The smallest absolute Gasteiger partial charge is 0.259 e. The Morgan fingerprint density at radius 3 is 2.52 bits per heavy atom. The van der Waals surface area contributed by atoms with Gasteiger partial charge in [-0.2, -0.15) is 4.99 Å². The van der Waals surface area contributed by atoms with Gasteiger partial charge in [-0.15, -0.1) is 0 Å². The number of aromatic nitrogens is 1. The second-order valence-corrected chi connectivity index (χ2v) is 6.57. The molecule has 2 aliphatic heterocycles. The lowest BCUT2D eigenvalue weighted by molar-refractivity contribution is 0.0495. The standard InChI is InChI=1S/C16H25N7O2/c1-4-7-23-15(18)19-14(17)20-16(23)5-8-22(9-6-16)13(24)12-10(2)21-25-11(12)3/h4-9H2,1-3H3,(H4,17,18,19,20). The number of nitrogens with two attached hydrogens (primary N) is 2. The predicted molar refractivity (Wildman–Crippen MR) is 94.1 cm³/mol. The third-order valence-corrected chi connectivity index (χ3v) is 4.88. The number of hydrogen-bond acceptors (Lipinski definition) is 8. The van der Waals surface area contributed by atoms with E-state index in [4.69, 9.17) is 16.0 Å². The molecule has 0 unspecified atom stereocenters. The fourth-order valence-electron chi connectivity index (χ4n) is 3.63. The van der Waals surface area contributed by atoms with Crippen LogP contribution in [0.5, 0.6) is 0 Å². The summed E-state index contributed by atoms with van der Waals surface area (Å²) >= 11 is 0. The number of nitrogens with zero attached hydrogens (tertiary/aromatic N) is 5. The van der Waals surface area contributed by atoms with Gasteiger partial charge in [0.25, 0.3) is 5.91 Å². The monoisotopic (exact) mass is 347 g/mol. The lowest BCUT2D eigenvalue weighted by atomic mass is 9.94. The summed E-state index contributed by atoms with van der Waals surface area (Å²) in [4.78, 5) is 25.3. The molecule has 0 atom stereocenters. The highest BCUT2D eigenvalue weighted by atomic mass is 16.5. The van der Waals surface area contributed by atoms with Crippen LogP contribution in [0.15, 0.2) is 14.5 Å². The molecule has 3 heterocycles.